The van der Waals surface area contributed by atoms with Gasteiger partial charge < -0.3 is 9.05 Å². The molecule has 0 unspecified atom stereocenters. The van der Waals surface area contributed by atoms with E-state index >= 15 is 0 Å². The van der Waals surface area contributed by atoms with E-state index in [0.29, 0.717) is 5.71 Å². The lowest BCUT2D eigenvalue weighted by Gasteiger charge is -2.15. The molecule has 106 valence electrons. The van der Waals surface area contributed by atoms with E-state index in [1.165, 1.54) is 14.2 Å². The third-order valence-corrected chi connectivity index (χ3v) is 4.24. The third kappa shape index (κ3) is 6.28. The van der Waals surface area contributed by atoms with Gasteiger partial charge in [-0.25, -0.2) is 0 Å². The summed E-state index contributed by atoms with van der Waals surface area (Å²) in [6, 6.07) is 0. The number of hydrazone groups is 1. The largest absolute Gasteiger partial charge is 0.337 e. The van der Waals surface area contributed by atoms with Gasteiger partial charge in [-0.15, -0.1) is 0 Å². The van der Waals surface area contributed by atoms with Crippen LogP contribution in [0, 0.1) is 0 Å². The molecular formula is C11H23N2O4P. The highest BCUT2D eigenvalue weighted by Gasteiger charge is 2.26. The Kier molecular flexibility index (Phi) is 8.07. The molecule has 0 aromatic rings. The molecule has 18 heavy (non-hydrogen) atoms. The first kappa shape index (κ1) is 17.3. The second-order valence-electron chi connectivity index (χ2n) is 3.98. The molecule has 0 rings (SSSR count). The zero-order chi connectivity index (χ0) is 14.2. The Morgan fingerprint density at radius 1 is 1.33 bits per heavy atom. The van der Waals surface area contributed by atoms with Crippen LogP contribution in [-0.2, 0) is 18.4 Å². The second kappa shape index (κ2) is 8.40. The van der Waals surface area contributed by atoms with E-state index in [1.807, 2.05) is 0 Å². The summed E-state index contributed by atoms with van der Waals surface area (Å²) < 4.78 is 21.2. The summed E-state index contributed by atoms with van der Waals surface area (Å²) in [6.45, 7) is 4.47. The Labute approximate surface area is 109 Å². The van der Waals surface area contributed by atoms with Crippen molar-refractivity contribution in [1.29, 1.82) is 0 Å². The van der Waals surface area contributed by atoms with Gasteiger partial charge in [0.05, 0.1) is 0 Å². The summed E-state index contributed by atoms with van der Waals surface area (Å²) in [7, 11) is 1.02. The van der Waals surface area contributed by atoms with Crippen molar-refractivity contribution < 1.29 is 18.4 Å². The van der Waals surface area contributed by atoms with Crippen molar-refractivity contribution in [3.05, 3.63) is 0 Å². The van der Waals surface area contributed by atoms with E-state index in [9.17, 15) is 9.36 Å². The van der Waals surface area contributed by atoms with Crippen LogP contribution >= 0.6 is 7.60 Å². The minimum atomic E-state index is -3.30. The van der Waals surface area contributed by atoms with Crippen molar-refractivity contribution >= 4 is 19.1 Å². The highest BCUT2D eigenvalue weighted by Crippen LogP contribution is 2.45. The summed E-state index contributed by atoms with van der Waals surface area (Å²) in [4.78, 5) is 11.8. The zero-order valence-corrected chi connectivity index (χ0v) is 12.7. The van der Waals surface area contributed by atoms with Gasteiger partial charge in [-0.05, 0) is 13.3 Å². The predicted octanol–water partition coefficient (Wildman–Crippen LogP) is 2.15. The number of hydrogen-bond acceptors (Lipinski definition) is 6. The van der Waals surface area contributed by atoms with Gasteiger partial charge in [0, 0.05) is 27.8 Å². The van der Waals surface area contributed by atoms with Gasteiger partial charge in [0.15, 0.2) is 5.78 Å². The molecule has 7 heteroatoms. The van der Waals surface area contributed by atoms with Gasteiger partial charge >= 0.3 is 7.60 Å². The Hall–Kier alpha value is -0.710. The lowest BCUT2D eigenvalue weighted by molar-refractivity contribution is -0.111. The fourth-order valence-electron chi connectivity index (χ4n) is 1.24. The quantitative estimate of drug-likeness (QED) is 0.367. The smallest absolute Gasteiger partial charge is 0.312 e. The summed E-state index contributed by atoms with van der Waals surface area (Å²) in [5.74, 6) is -0.328. The lowest BCUT2D eigenvalue weighted by atomic mass is 10.3. The molecule has 0 amide bonds. The van der Waals surface area contributed by atoms with Crippen LogP contribution < -0.4 is 0 Å². The fourth-order valence-corrected chi connectivity index (χ4v) is 2.23. The van der Waals surface area contributed by atoms with Gasteiger partial charge in [-0.2, -0.15) is 5.10 Å². The number of rotatable bonds is 9. The average molecular weight is 278 g/mol. The Bertz CT molecular complexity index is 336. The Balaban J connectivity index is 4.50. The first-order valence-corrected chi connectivity index (χ1v) is 7.61. The monoisotopic (exact) mass is 278 g/mol. The number of Topliss-reactive ketones (excluding diaryl/α,β-unsaturated/α-hetero) is 1. The maximum Gasteiger partial charge on any atom is 0.337 e. The van der Waals surface area contributed by atoms with E-state index < -0.39 is 7.60 Å². The maximum atomic E-state index is 11.8. The van der Waals surface area contributed by atoms with Crippen LogP contribution in [0.4, 0.5) is 0 Å². The van der Waals surface area contributed by atoms with Gasteiger partial charge in [-0.3, -0.25) is 14.4 Å². The molecule has 0 saturated heterocycles. The molecule has 0 aliphatic heterocycles. The molecular weight excluding hydrogens is 255 g/mol. The molecule has 0 aromatic heterocycles. The van der Waals surface area contributed by atoms with E-state index in [2.05, 4.69) is 12.0 Å². The van der Waals surface area contributed by atoms with Crippen LogP contribution in [0.2, 0.25) is 0 Å². The van der Waals surface area contributed by atoms with E-state index in [4.69, 9.17) is 9.05 Å². The van der Waals surface area contributed by atoms with Gasteiger partial charge in [-0.1, -0.05) is 13.3 Å². The van der Waals surface area contributed by atoms with E-state index in [1.54, 1.807) is 19.0 Å². The number of unbranched alkanes of at least 4 members (excludes halogenated alkanes) is 1. The normalized spacial score (nSPS) is 12.6. The molecule has 0 aliphatic rings. The number of hydrogen-bond donors (Lipinski definition) is 0. The second-order valence-corrected chi connectivity index (χ2v) is 6.25. The molecule has 0 fully saturated rings. The molecule has 0 aromatic carbocycles. The summed E-state index contributed by atoms with van der Waals surface area (Å²) in [6.07, 6.45) is 1.79. The number of ketones is 1. The van der Waals surface area contributed by atoms with Crippen molar-refractivity contribution in [2.24, 2.45) is 5.10 Å². The molecule has 0 bridgehead atoms. The van der Waals surface area contributed by atoms with Gasteiger partial charge in [0.2, 0.25) is 0 Å². The van der Waals surface area contributed by atoms with Crippen LogP contribution in [-0.4, -0.2) is 50.5 Å². The zero-order valence-electron chi connectivity index (χ0n) is 11.8. The fraction of sp³-hybridized carbons (Fsp3) is 0.818. The average Bonchev–Trinajstić information content (AvgIpc) is 2.35. The highest BCUT2D eigenvalue weighted by atomic mass is 31.2. The SMILES string of the molecule is CCCCN(C)/N=C(\C)C(=O)CP(=O)(OC)OC. The van der Waals surface area contributed by atoms with Crippen molar-refractivity contribution in [3.63, 3.8) is 0 Å². The van der Waals surface area contributed by atoms with Crippen LogP contribution in [0.5, 0.6) is 0 Å². The van der Waals surface area contributed by atoms with Crippen LogP contribution in [0.15, 0.2) is 5.10 Å². The van der Waals surface area contributed by atoms with Gasteiger partial charge in [0.1, 0.15) is 11.9 Å². The molecule has 6 nitrogen and oxygen atoms in total. The van der Waals surface area contributed by atoms with E-state index in [0.717, 1.165) is 19.4 Å². The molecule has 0 saturated carbocycles. The predicted molar refractivity (Wildman–Crippen MR) is 72.1 cm³/mol. The summed E-state index contributed by atoms with van der Waals surface area (Å²) >= 11 is 0. The van der Waals surface area contributed by atoms with Gasteiger partial charge in [0.25, 0.3) is 0 Å². The van der Waals surface area contributed by atoms with Crippen molar-refractivity contribution in [1.82, 2.24) is 5.01 Å². The Morgan fingerprint density at radius 2 is 1.89 bits per heavy atom. The number of carbonyl (C=O) groups excluding carboxylic acids is 1. The van der Waals surface area contributed by atoms with E-state index in [-0.39, 0.29) is 11.9 Å². The molecule has 0 heterocycles. The number of carbonyl (C=O) groups is 1. The molecule has 0 atom stereocenters. The minimum absolute atomic E-state index is 0.281. The maximum absolute atomic E-state index is 11.8. The highest BCUT2D eigenvalue weighted by molar-refractivity contribution is 7.55. The summed E-state index contributed by atoms with van der Waals surface area (Å²) in [5, 5.41) is 5.84. The first-order chi connectivity index (χ1) is 8.38. The van der Waals surface area contributed by atoms with Crippen molar-refractivity contribution in [2.75, 3.05) is 34.0 Å². The lowest BCUT2D eigenvalue weighted by Crippen LogP contribution is -2.21. The minimum Gasteiger partial charge on any atom is -0.312 e. The number of nitrogens with zero attached hydrogens (tertiary/aromatic N) is 2. The first-order valence-electron chi connectivity index (χ1n) is 5.88. The topological polar surface area (TPSA) is 68.2 Å². The molecule has 0 aliphatic carbocycles. The molecule has 0 radical (unpaired) electrons. The molecule has 0 N–H and O–H groups in total. The van der Waals surface area contributed by atoms with Crippen molar-refractivity contribution in [2.45, 2.75) is 26.7 Å². The van der Waals surface area contributed by atoms with Crippen LogP contribution in [0.3, 0.4) is 0 Å². The third-order valence-electron chi connectivity index (χ3n) is 2.45. The van der Waals surface area contributed by atoms with Crippen molar-refractivity contribution in [3.8, 4) is 0 Å². The van der Waals surface area contributed by atoms with Crippen LogP contribution in [0.25, 0.3) is 0 Å². The van der Waals surface area contributed by atoms with Crippen LogP contribution in [0.1, 0.15) is 26.7 Å². The standard InChI is InChI=1S/C11H23N2O4P/c1-6-7-8-13(3)12-10(2)11(14)9-18(15,16-4)17-5/h6-9H2,1-5H3/b12-10+. The Morgan fingerprint density at radius 3 is 2.33 bits per heavy atom. The summed E-state index contributed by atoms with van der Waals surface area (Å²) in [5.41, 5.74) is 0.308. The molecule has 0 spiro atoms.